The SMILES string of the molecule is Cc1ccsc1C=C1Oc2c(ccc(O)c2CN2CCN(CCO)CC2)C1=O. The number of Topliss-reactive ketones (excluding diaryl/α,β-unsaturated/α-hetero) is 1. The monoisotopic (exact) mass is 400 g/mol. The first-order chi connectivity index (χ1) is 13.6. The number of aromatic hydroxyl groups is 1. The predicted octanol–water partition coefficient (Wildman–Crippen LogP) is 2.49. The van der Waals surface area contributed by atoms with Gasteiger partial charge in [-0.15, -0.1) is 11.3 Å². The van der Waals surface area contributed by atoms with Gasteiger partial charge in [0.05, 0.1) is 17.7 Å². The third kappa shape index (κ3) is 3.71. The van der Waals surface area contributed by atoms with Crippen LogP contribution >= 0.6 is 11.3 Å². The fourth-order valence-corrected chi connectivity index (χ4v) is 4.48. The minimum absolute atomic E-state index is 0.142. The number of hydrogen-bond donors (Lipinski definition) is 2. The Hall–Kier alpha value is -2.19. The molecule has 0 aliphatic carbocycles. The van der Waals surface area contributed by atoms with Gasteiger partial charge in [-0.2, -0.15) is 0 Å². The molecule has 28 heavy (non-hydrogen) atoms. The van der Waals surface area contributed by atoms with Crippen molar-refractivity contribution >= 4 is 23.2 Å². The van der Waals surface area contributed by atoms with Crippen LogP contribution in [-0.2, 0) is 6.54 Å². The Morgan fingerprint density at radius 1 is 1.18 bits per heavy atom. The van der Waals surface area contributed by atoms with Crippen LogP contribution in [0.4, 0.5) is 0 Å². The number of rotatable bonds is 5. The van der Waals surface area contributed by atoms with Crippen molar-refractivity contribution in [3.8, 4) is 11.5 Å². The minimum Gasteiger partial charge on any atom is -0.507 e. The molecule has 0 atom stereocenters. The number of allylic oxidation sites excluding steroid dienone is 1. The standard InChI is InChI=1S/C21H24N2O4S/c1-14-4-11-28-19(14)12-18-20(26)15-2-3-17(25)16(21(15)27-18)13-23-7-5-22(6-8-23)9-10-24/h2-4,11-12,24-25H,5-10,13H2,1H3. The zero-order chi connectivity index (χ0) is 19.7. The molecule has 1 fully saturated rings. The molecule has 2 aliphatic rings. The smallest absolute Gasteiger partial charge is 0.232 e. The molecule has 0 bridgehead atoms. The fourth-order valence-electron chi connectivity index (χ4n) is 3.64. The minimum atomic E-state index is -0.142. The Morgan fingerprint density at radius 3 is 2.61 bits per heavy atom. The van der Waals surface area contributed by atoms with Gasteiger partial charge < -0.3 is 14.9 Å². The van der Waals surface area contributed by atoms with Crippen molar-refractivity contribution in [3.63, 3.8) is 0 Å². The number of β-amino-alcohol motifs (C(OH)–C–C–N with tert-alkyl or cyclic N) is 1. The second-order valence-corrected chi connectivity index (χ2v) is 8.14. The molecular weight excluding hydrogens is 376 g/mol. The number of ether oxygens (including phenoxy) is 1. The molecule has 0 amide bonds. The van der Waals surface area contributed by atoms with E-state index in [4.69, 9.17) is 9.84 Å². The zero-order valence-corrected chi connectivity index (χ0v) is 16.7. The molecule has 148 valence electrons. The van der Waals surface area contributed by atoms with Crippen LogP contribution in [0.5, 0.6) is 11.5 Å². The number of carbonyl (C=O) groups is 1. The molecule has 4 rings (SSSR count). The van der Waals surface area contributed by atoms with E-state index in [9.17, 15) is 9.90 Å². The van der Waals surface area contributed by atoms with Gasteiger partial charge in [-0.05, 0) is 36.1 Å². The van der Waals surface area contributed by atoms with Crippen LogP contribution < -0.4 is 4.74 Å². The van der Waals surface area contributed by atoms with Gasteiger partial charge in [0.15, 0.2) is 5.76 Å². The number of aliphatic hydroxyl groups is 1. The molecule has 2 aliphatic heterocycles. The van der Waals surface area contributed by atoms with E-state index in [1.165, 1.54) is 0 Å². The van der Waals surface area contributed by atoms with Crippen molar-refractivity contribution < 1.29 is 19.7 Å². The van der Waals surface area contributed by atoms with E-state index in [1.54, 1.807) is 29.5 Å². The quantitative estimate of drug-likeness (QED) is 0.752. The van der Waals surface area contributed by atoms with Crippen LogP contribution in [0, 0.1) is 6.92 Å². The Balaban J connectivity index is 1.55. The average molecular weight is 401 g/mol. The van der Waals surface area contributed by atoms with Gasteiger partial charge in [0.2, 0.25) is 5.78 Å². The van der Waals surface area contributed by atoms with E-state index in [2.05, 4.69) is 9.80 Å². The number of piperazine rings is 1. The van der Waals surface area contributed by atoms with Crippen molar-refractivity contribution in [2.45, 2.75) is 13.5 Å². The Morgan fingerprint density at radius 2 is 1.93 bits per heavy atom. The Labute approximate surface area is 168 Å². The van der Waals surface area contributed by atoms with E-state index >= 15 is 0 Å². The van der Waals surface area contributed by atoms with Crippen LogP contribution in [0.3, 0.4) is 0 Å². The van der Waals surface area contributed by atoms with E-state index in [0.29, 0.717) is 35.7 Å². The highest BCUT2D eigenvalue weighted by atomic mass is 32.1. The van der Waals surface area contributed by atoms with Crippen molar-refractivity contribution in [2.75, 3.05) is 39.3 Å². The summed E-state index contributed by atoms with van der Waals surface area (Å²) in [4.78, 5) is 18.2. The van der Waals surface area contributed by atoms with Gasteiger partial charge >= 0.3 is 0 Å². The molecule has 0 unspecified atom stereocenters. The number of carbonyl (C=O) groups excluding carboxylic acids is 1. The normalized spacial score (nSPS) is 19.2. The summed E-state index contributed by atoms with van der Waals surface area (Å²) in [5, 5.41) is 21.5. The summed E-state index contributed by atoms with van der Waals surface area (Å²) < 4.78 is 5.95. The molecule has 2 N–H and O–H groups in total. The fraction of sp³-hybridized carbons (Fsp3) is 0.381. The maximum absolute atomic E-state index is 12.8. The average Bonchev–Trinajstić information content (AvgIpc) is 3.23. The first kappa shape index (κ1) is 19.1. The molecule has 0 saturated carbocycles. The summed E-state index contributed by atoms with van der Waals surface area (Å²) in [7, 11) is 0. The molecule has 0 radical (unpaired) electrons. The molecular formula is C21H24N2O4S. The molecule has 0 spiro atoms. The first-order valence-electron chi connectivity index (χ1n) is 9.45. The molecule has 6 nitrogen and oxygen atoms in total. The first-order valence-corrected chi connectivity index (χ1v) is 10.3. The van der Waals surface area contributed by atoms with Crippen LogP contribution in [0.1, 0.15) is 26.4 Å². The zero-order valence-electron chi connectivity index (χ0n) is 15.9. The lowest BCUT2D eigenvalue weighted by atomic mass is 10.0. The van der Waals surface area contributed by atoms with E-state index < -0.39 is 0 Å². The number of aliphatic hydroxyl groups excluding tert-OH is 1. The lowest BCUT2D eigenvalue weighted by Crippen LogP contribution is -2.46. The third-order valence-electron chi connectivity index (χ3n) is 5.34. The molecule has 1 aromatic carbocycles. The Bertz CT molecular complexity index is 913. The molecule has 7 heteroatoms. The number of fused-ring (bicyclic) bond motifs is 1. The number of phenolic OH excluding ortho intramolecular Hbond substituents is 1. The van der Waals surface area contributed by atoms with Crippen LogP contribution in [0.25, 0.3) is 6.08 Å². The summed E-state index contributed by atoms with van der Waals surface area (Å²) in [5.41, 5.74) is 2.27. The third-order valence-corrected chi connectivity index (χ3v) is 6.31. The molecule has 1 saturated heterocycles. The summed E-state index contributed by atoms with van der Waals surface area (Å²) in [6, 6.07) is 5.23. The highest BCUT2D eigenvalue weighted by molar-refractivity contribution is 7.11. The number of ketones is 1. The Kier molecular flexibility index (Phi) is 5.50. The van der Waals surface area contributed by atoms with Crippen LogP contribution in [0.2, 0.25) is 0 Å². The highest BCUT2D eigenvalue weighted by Gasteiger charge is 2.32. The number of thiophene rings is 1. The van der Waals surface area contributed by atoms with Gasteiger partial charge in [0.25, 0.3) is 0 Å². The number of hydrogen-bond acceptors (Lipinski definition) is 7. The summed E-state index contributed by atoms with van der Waals surface area (Å²) in [5.74, 6) is 0.790. The second-order valence-electron chi connectivity index (χ2n) is 7.19. The van der Waals surface area contributed by atoms with Crippen LogP contribution in [-0.4, -0.2) is 65.1 Å². The number of benzene rings is 1. The van der Waals surface area contributed by atoms with Gasteiger partial charge in [-0.1, -0.05) is 0 Å². The van der Waals surface area contributed by atoms with Gasteiger partial charge in [0, 0.05) is 50.2 Å². The lowest BCUT2D eigenvalue weighted by Gasteiger charge is -2.34. The summed E-state index contributed by atoms with van der Waals surface area (Å²) in [6.07, 6.45) is 1.79. The molecule has 1 aromatic heterocycles. The topological polar surface area (TPSA) is 73.2 Å². The predicted molar refractivity (Wildman–Crippen MR) is 109 cm³/mol. The van der Waals surface area contributed by atoms with Crippen molar-refractivity contribution in [1.82, 2.24) is 9.80 Å². The number of aryl methyl sites for hydroxylation is 1. The van der Waals surface area contributed by atoms with Crippen molar-refractivity contribution in [3.05, 3.63) is 50.9 Å². The number of phenols is 1. The summed E-state index contributed by atoms with van der Waals surface area (Å²) >= 11 is 1.57. The van der Waals surface area contributed by atoms with E-state index in [-0.39, 0.29) is 18.1 Å². The highest BCUT2D eigenvalue weighted by Crippen LogP contribution is 2.40. The molecule has 3 heterocycles. The maximum Gasteiger partial charge on any atom is 0.232 e. The van der Waals surface area contributed by atoms with Gasteiger partial charge in [-0.3, -0.25) is 14.6 Å². The van der Waals surface area contributed by atoms with Crippen molar-refractivity contribution in [1.29, 1.82) is 0 Å². The van der Waals surface area contributed by atoms with Crippen LogP contribution in [0.15, 0.2) is 29.3 Å². The second kappa shape index (κ2) is 8.05. The molecule has 2 aromatic rings. The van der Waals surface area contributed by atoms with E-state index in [0.717, 1.165) is 36.6 Å². The van der Waals surface area contributed by atoms with Gasteiger partial charge in [-0.25, -0.2) is 0 Å². The summed E-state index contributed by atoms with van der Waals surface area (Å²) in [6.45, 7) is 6.82. The largest absolute Gasteiger partial charge is 0.507 e. The maximum atomic E-state index is 12.8. The van der Waals surface area contributed by atoms with Crippen molar-refractivity contribution in [2.24, 2.45) is 0 Å². The van der Waals surface area contributed by atoms with Gasteiger partial charge in [0.1, 0.15) is 11.5 Å². The van der Waals surface area contributed by atoms with E-state index in [1.807, 2.05) is 18.4 Å². The lowest BCUT2D eigenvalue weighted by molar-refractivity contribution is 0.101. The number of nitrogens with zero attached hydrogens (tertiary/aromatic N) is 2.